The number of nitrogens with one attached hydrogen (secondary N) is 1. The van der Waals surface area contributed by atoms with Gasteiger partial charge in [-0.15, -0.1) is 22.7 Å². The maximum atomic E-state index is 11.5. The van der Waals surface area contributed by atoms with Gasteiger partial charge in [0.2, 0.25) is 5.91 Å². The normalized spacial score (nSPS) is 12.4. The molecular weight excluding hydrogens is 254 g/mol. The molecule has 1 unspecified atom stereocenters. The van der Waals surface area contributed by atoms with E-state index in [-0.39, 0.29) is 11.9 Å². The van der Waals surface area contributed by atoms with Crippen molar-refractivity contribution < 1.29 is 4.79 Å². The van der Waals surface area contributed by atoms with E-state index < -0.39 is 0 Å². The van der Waals surface area contributed by atoms with Crippen LogP contribution in [0.4, 0.5) is 5.13 Å². The SMILES string of the molecule is CC(N)CC(=O)Nc1nc(-c2cccs2)cs1. The minimum absolute atomic E-state index is 0.0907. The number of nitrogens with zero attached hydrogens (tertiary/aromatic N) is 1. The van der Waals surface area contributed by atoms with Gasteiger partial charge < -0.3 is 11.1 Å². The largest absolute Gasteiger partial charge is 0.327 e. The van der Waals surface area contributed by atoms with Crippen LogP contribution in [0.15, 0.2) is 22.9 Å². The third-order valence-electron chi connectivity index (χ3n) is 2.03. The summed E-state index contributed by atoms with van der Waals surface area (Å²) in [6, 6.07) is 3.85. The Kier molecular flexibility index (Phi) is 3.88. The Balaban J connectivity index is 2.02. The molecular formula is C11H13N3OS2. The van der Waals surface area contributed by atoms with Crippen molar-refractivity contribution in [3.05, 3.63) is 22.9 Å². The number of nitrogens with two attached hydrogens (primary N) is 1. The van der Waals surface area contributed by atoms with Crippen LogP contribution < -0.4 is 11.1 Å². The number of rotatable bonds is 4. The third-order valence-corrected chi connectivity index (χ3v) is 3.68. The topological polar surface area (TPSA) is 68.0 Å². The lowest BCUT2D eigenvalue weighted by atomic mass is 10.2. The Bertz CT molecular complexity index is 491. The van der Waals surface area contributed by atoms with Gasteiger partial charge in [0.05, 0.1) is 10.6 Å². The average molecular weight is 267 g/mol. The number of carbonyl (C=O) groups is 1. The summed E-state index contributed by atoms with van der Waals surface area (Å²) < 4.78 is 0. The molecule has 6 heteroatoms. The molecule has 17 heavy (non-hydrogen) atoms. The number of aromatic nitrogens is 1. The fourth-order valence-electron chi connectivity index (χ4n) is 1.33. The summed E-state index contributed by atoms with van der Waals surface area (Å²) in [5.41, 5.74) is 6.46. The second kappa shape index (κ2) is 5.39. The van der Waals surface area contributed by atoms with Crippen LogP contribution in [0.2, 0.25) is 0 Å². The first-order valence-corrected chi connectivity index (χ1v) is 6.96. The van der Waals surface area contributed by atoms with Crippen LogP contribution in [0, 0.1) is 0 Å². The van der Waals surface area contributed by atoms with Gasteiger partial charge in [-0.05, 0) is 18.4 Å². The van der Waals surface area contributed by atoms with Gasteiger partial charge in [-0.3, -0.25) is 4.79 Å². The summed E-state index contributed by atoms with van der Waals surface area (Å²) in [5, 5.41) is 7.31. The van der Waals surface area contributed by atoms with Gasteiger partial charge in [0.15, 0.2) is 5.13 Å². The van der Waals surface area contributed by atoms with Crippen LogP contribution in [-0.4, -0.2) is 16.9 Å². The molecule has 0 aliphatic rings. The quantitative estimate of drug-likeness (QED) is 0.894. The van der Waals surface area contributed by atoms with Gasteiger partial charge in [-0.1, -0.05) is 6.07 Å². The first-order chi connectivity index (χ1) is 8.15. The van der Waals surface area contributed by atoms with Gasteiger partial charge in [-0.25, -0.2) is 4.98 Å². The van der Waals surface area contributed by atoms with Gasteiger partial charge in [0.1, 0.15) is 0 Å². The zero-order chi connectivity index (χ0) is 12.3. The Morgan fingerprint density at radius 2 is 2.41 bits per heavy atom. The lowest BCUT2D eigenvalue weighted by Crippen LogP contribution is -2.23. The summed E-state index contributed by atoms with van der Waals surface area (Å²) in [4.78, 5) is 17.0. The fraction of sp³-hybridized carbons (Fsp3) is 0.273. The molecule has 1 atom stereocenters. The number of amides is 1. The third kappa shape index (κ3) is 3.36. The predicted molar refractivity (Wildman–Crippen MR) is 72.3 cm³/mol. The predicted octanol–water partition coefficient (Wildman–Crippen LogP) is 2.55. The van der Waals surface area contributed by atoms with Crippen molar-refractivity contribution >= 4 is 33.7 Å². The van der Waals surface area contributed by atoms with Crippen LogP contribution >= 0.6 is 22.7 Å². The monoisotopic (exact) mass is 267 g/mol. The Morgan fingerprint density at radius 3 is 3.06 bits per heavy atom. The zero-order valence-electron chi connectivity index (χ0n) is 9.34. The Labute approximate surface area is 107 Å². The maximum Gasteiger partial charge on any atom is 0.227 e. The number of thiophene rings is 1. The van der Waals surface area contributed by atoms with Gasteiger partial charge in [0.25, 0.3) is 0 Å². The maximum absolute atomic E-state index is 11.5. The number of thiazole rings is 1. The van der Waals surface area contributed by atoms with E-state index >= 15 is 0 Å². The summed E-state index contributed by atoms with van der Waals surface area (Å²) >= 11 is 3.06. The fourth-order valence-corrected chi connectivity index (χ4v) is 2.82. The lowest BCUT2D eigenvalue weighted by Gasteiger charge is -2.03. The average Bonchev–Trinajstić information content (AvgIpc) is 2.84. The van der Waals surface area contributed by atoms with Crippen molar-refractivity contribution in [2.45, 2.75) is 19.4 Å². The van der Waals surface area contributed by atoms with E-state index in [0.29, 0.717) is 11.6 Å². The van der Waals surface area contributed by atoms with Crippen molar-refractivity contribution in [1.29, 1.82) is 0 Å². The Morgan fingerprint density at radius 1 is 1.59 bits per heavy atom. The standard InChI is InChI=1S/C11H13N3OS2/c1-7(12)5-10(15)14-11-13-8(6-17-11)9-3-2-4-16-9/h2-4,6-7H,5,12H2,1H3,(H,13,14,15). The molecule has 90 valence electrons. The van der Waals surface area contributed by atoms with Crippen LogP contribution in [0.1, 0.15) is 13.3 Å². The van der Waals surface area contributed by atoms with Crippen molar-refractivity contribution in [2.75, 3.05) is 5.32 Å². The molecule has 3 N–H and O–H groups in total. The molecule has 2 heterocycles. The molecule has 4 nitrogen and oxygen atoms in total. The molecule has 2 rings (SSSR count). The van der Waals surface area contributed by atoms with Crippen molar-refractivity contribution in [3.63, 3.8) is 0 Å². The number of hydrogen-bond donors (Lipinski definition) is 2. The van der Waals surface area contributed by atoms with Crippen molar-refractivity contribution in [3.8, 4) is 10.6 Å². The lowest BCUT2D eigenvalue weighted by molar-refractivity contribution is -0.116. The van der Waals surface area contributed by atoms with E-state index in [9.17, 15) is 4.79 Å². The van der Waals surface area contributed by atoms with E-state index in [1.807, 2.05) is 22.9 Å². The van der Waals surface area contributed by atoms with Gasteiger partial charge in [-0.2, -0.15) is 0 Å². The summed E-state index contributed by atoms with van der Waals surface area (Å²) in [7, 11) is 0. The van der Waals surface area contributed by atoms with Gasteiger partial charge in [0, 0.05) is 17.8 Å². The summed E-state index contributed by atoms with van der Waals surface area (Å²) in [6.45, 7) is 1.80. The van der Waals surface area contributed by atoms with Crippen LogP contribution in [0.5, 0.6) is 0 Å². The van der Waals surface area contributed by atoms with E-state index in [1.165, 1.54) is 11.3 Å². The molecule has 0 bridgehead atoms. The highest BCUT2D eigenvalue weighted by Crippen LogP contribution is 2.28. The molecule has 0 fully saturated rings. The van der Waals surface area contributed by atoms with E-state index in [1.54, 1.807) is 18.3 Å². The highest BCUT2D eigenvalue weighted by atomic mass is 32.1. The van der Waals surface area contributed by atoms with E-state index in [2.05, 4.69) is 10.3 Å². The van der Waals surface area contributed by atoms with Crippen LogP contribution in [0.3, 0.4) is 0 Å². The van der Waals surface area contributed by atoms with Crippen LogP contribution in [-0.2, 0) is 4.79 Å². The van der Waals surface area contributed by atoms with E-state index in [4.69, 9.17) is 5.73 Å². The minimum Gasteiger partial charge on any atom is -0.327 e. The first-order valence-electron chi connectivity index (χ1n) is 5.20. The number of anilines is 1. The minimum atomic E-state index is -0.133. The summed E-state index contributed by atoms with van der Waals surface area (Å²) in [6.07, 6.45) is 0.313. The molecule has 0 aromatic carbocycles. The molecule has 2 aromatic heterocycles. The zero-order valence-corrected chi connectivity index (χ0v) is 11.0. The van der Waals surface area contributed by atoms with Crippen molar-refractivity contribution in [1.82, 2.24) is 4.98 Å². The molecule has 0 spiro atoms. The molecule has 0 saturated heterocycles. The van der Waals surface area contributed by atoms with Gasteiger partial charge >= 0.3 is 0 Å². The first kappa shape index (κ1) is 12.2. The molecule has 0 radical (unpaired) electrons. The smallest absolute Gasteiger partial charge is 0.227 e. The Hall–Kier alpha value is -1.24. The second-order valence-electron chi connectivity index (χ2n) is 3.74. The highest BCUT2D eigenvalue weighted by Gasteiger charge is 2.09. The molecule has 0 aliphatic carbocycles. The van der Waals surface area contributed by atoms with E-state index in [0.717, 1.165) is 10.6 Å². The molecule has 1 amide bonds. The second-order valence-corrected chi connectivity index (χ2v) is 5.55. The molecule has 0 aliphatic heterocycles. The number of carbonyl (C=O) groups excluding carboxylic acids is 1. The highest BCUT2D eigenvalue weighted by molar-refractivity contribution is 7.16. The molecule has 2 aromatic rings. The van der Waals surface area contributed by atoms with Crippen molar-refractivity contribution in [2.24, 2.45) is 5.73 Å². The molecule has 0 saturated carbocycles. The van der Waals surface area contributed by atoms with Crippen LogP contribution in [0.25, 0.3) is 10.6 Å². The summed E-state index contributed by atoms with van der Waals surface area (Å²) in [5.74, 6) is -0.0907. The number of hydrogen-bond acceptors (Lipinski definition) is 5.